The van der Waals surface area contributed by atoms with E-state index in [4.69, 9.17) is 4.74 Å². The maximum atomic E-state index is 5.18. The van der Waals surface area contributed by atoms with Gasteiger partial charge in [-0.2, -0.15) is 5.10 Å². The predicted molar refractivity (Wildman–Crippen MR) is 71.6 cm³/mol. The molecule has 0 aliphatic carbocycles. The standard InChI is InChI=1S/C14H19N3O/c1-3-15-14(11-17-10-4-9-16-17)12-5-7-13(18-2)8-6-12/h4-10,14-15H,3,11H2,1-2H3. The molecule has 0 bridgehead atoms. The van der Waals surface area contributed by atoms with Gasteiger partial charge in [0.25, 0.3) is 0 Å². The smallest absolute Gasteiger partial charge is 0.118 e. The van der Waals surface area contributed by atoms with Crippen LogP contribution in [0.5, 0.6) is 5.75 Å². The van der Waals surface area contributed by atoms with Gasteiger partial charge in [0.15, 0.2) is 0 Å². The van der Waals surface area contributed by atoms with Crippen LogP contribution in [0.1, 0.15) is 18.5 Å². The monoisotopic (exact) mass is 245 g/mol. The van der Waals surface area contributed by atoms with E-state index in [2.05, 4.69) is 29.5 Å². The molecule has 2 rings (SSSR count). The number of nitrogens with one attached hydrogen (secondary N) is 1. The molecule has 1 atom stereocenters. The summed E-state index contributed by atoms with van der Waals surface area (Å²) in [6.45, 7) is 3.87. The number of aromatic nitrogens is 2. The van der Waals surface area contributed by atoms with Crippen LogP contribution in [0.4, 0.5) is 0 Å². The van der Waals surface area contributed by atoms with Crippen LogP contribution < -0.4 is 10.1 Å². The van der Waals surface area contributed by atoms with Gasteiger partial charge in [-0.25, -0.2) is 0 Å². The summed E-state index contributed by atoms with van der Waals surface area (Å²) < 4.78 is 7.12. The van der Waals surface area contributed by atoms with Crippen molar-refractivity contribution in [1.29, 1.82) is 0 Å². The summed E-state index contributed by atoms with van der Waals surface area (Å²) >= 11 is 0. The first-order chi connectivity index (χ1) is 8.83. The fourth-order valence-electron chi connectivity index (χ4n) is 1.97. The summed E-state index contributed by atoms with van der Waals surface area (Å²) in [4.78, 5) is 0. The highest BCUT2D eigenvalue weighted by atomic mass is 16.5. The van der Waals surface area contributed by atoms with Gasteiger partial charge in [0, 0.05) is 12.4 Å². The lowest BCUT2D eigenvalue weighted by Gasteiger charge is -2.18. The Balaban J connectivity index is 2.12. The number of hydrogen-bond acceptors (Lipinski definition) is 3. The SMILES string of the molecule is CCNC(Cn1cccn1)c1ccc(OC)cc1. The summed E-state index contributed by atoms with van der Waals surface area (Å²) in [5, 5.41) is 7.72. The van der Waals surface area contributed by atoms with Crippen molar-refractivity contribution in [3.63, 3.8) is 0 Å². The number of hydrogen-bond donors (Lipinski definition) is 1. The number of methoxy groups -OCH3 is 1. The van der Waals surface area contributed by atoms with Gasteiger partial charge < -0.3 is 10.1 Å². The van der Waals surface area contributed by atoms with Crippen molar-refractivity contribution < 1.29 is 4.74 Å². The molecule has 1 aromatic carbocycles. The summed E-state index contributed by atoms with van der Waals surface area (Å²) in [7, 11) is 1.68. The molecule has 0 aliphatic rings. The minimum atomic E-state index is 0.265. The molecule has 0 amide bonds. The molecule has 0 saturated carbocycles. The van der Waals surface area contributed by atoms with E-state index in [1.807, 2.05) is 29.1 Å². The average molecular weight is 245 g/mol. The van der Waals surface area contributed by atoms with Crippen LogP contribution in [-0.4, -0.2) is 23.4 Å². The molecular weight excluding hydrogens is 226 g/mol. The normalized spacial score (nSPS) is 12.3. The van der Waals surface area contributed by atoms with E-state index >= 15 is 0 Å². The van der Waals surface area contributed by atoms with E-state index in [0.29, 0.717) is 0 Å². The lowest BCUT2D eigenvalue weighted by molar-refractivity contribution is 0.413. The molecule has 0 fully saturated rings. The molecule has 0 aliphatic heterocycles. The van der Waals surface area contributed by atoms with Gasteiger partial charge in [0.1, 0.15) is 5.75 Å². The van der Waals surface area contributed by atoms with Gasteiger partial charge in [-0.05, 0) is 30.3 Å². The molecule has 1 aromatic heterocycles. The average Bonchev–Trinajstić information content (AvgIpc) is 2.91. The first-order valence-electron chi connectivity index (χ1n) is 6.18. The Morgan fingerprint density at radius 2 is 2.11 bits per heavy atom. The minimum Gasteiger partial charge on any atom is -0.497 e. The van der Waals surface area contributed by atoms with Gasteiger partial charge in [-0.15, -0.1) is 0 Å². The van der Waals surface area contributed by atoms with Crippen molar-refractivity contribution in [2.24, 2.45) is 0 Å². The third-order valence-electron chi connectivity index (χ3n) is 2.90. The van der Waals surface area contributed by atoms with Gasteiger partial charge in [0.05, 0.1) is 19.7 Å². The molecule has 2 aromatic rings. The van der Waals surface area contributed by atoms with Crippen molar-refractivity contribution in [1.82, 2.24) is 15.1 Å². The molecule has 4 heteroatoms. The zero-order chi connectivity index (χ0) is 12.8. The van der Waals surface area contributed by atoms with E-state index in [9.17, 15) is 0 Å². The molecule has 96 valence electrons. The maximum Gasteiger partial charge on any atom is 0.118 e. The zero-order valence-corrected chi connectivity index (χ0v) is 10.8. The van der Waals surface area contributed by atoms with E-state index in [1.165, 1.54) is 5.56 Å². The Morgan fingerprint density at radius 1 is 1.33 bits per heavy atom. The molecule has 1 heterocycles. The Morgan fingerprint density at radius 3 is 2.67 bits per heavy atom. The van der Waals surface area contributed by atoms with E-state index in [-0.39, 0.29) is 6.04 Å². The first-order valence-corrected chi connectivity index (χ1v) is 6.18. The second kappa shape index (κ2) is 6.21. The van der Waals surface area contributed by atoms with Crippen molar-refractivity contribution in [2.45, 2.75) is 19.5 Å². The molecule has 0 radical (unpaired) electrons. The molecule has 1 unspecified atom stereocenters. The van der Waals surface area contributed by atoms with Crippen LogP contribution in [0.25, 0.3) is 0 Å². The topological polar surface area (TPSA) is 39.1 Å². The highest BCUT2D eigenvalue weighted by Gasteiger charge is 2.11. The Bertz CT molecular complexity index is 450. The minimum absolute atomic E-state index is 0.265. The Hall–Kier alpha value is -1.81. The lowest BCUT2D eigenvalue weighted by Crippen LogP contribution is -2.25. The second-order valence-corrected chi connectivity index (χ2v) is 4.11. The number of rotatable bonds is 6. The largest absolute Gasteiger partial charge is 0.497 e. The summed E-state index contributed by atoms with van der Waals surface area (Å²) in [5.41, 5.74) is 1.24. The van der Waals surface area contributed by atoms with Crippen LogP contribution >= 0.6 is 0 Å². The third-order valence-corrected chi connectivity index (χ3v) is 2.90. The number of ether oxygens (including phenoxy) is 1. The van der Waals surface area contributed by atoms with E-state index < -0.39 is 0 Å². The lowest BCUT2D eigenvalue weighted by atomic mass is 10.1. The molecule has 18 heavy (non-hydrogen) atoms. The molecule has 0 saturated heterocycles. The fraction of sp³-hybridized carbons (Fsp3) is 0.357. The van der Waals surface area contributed by atoms with Crippen LogP contribution in [0.2, 0.25) is 0 Å². The number of likely N-dealkylation sites (N-methyl/N-ethyl adjacent to an activating group) is 1. The van der Waals surface area contributed by atoms with Crippen LogP contribution in [0.3, 0.4) is 0 Å². The Kier molecular flexibility index (Phi) is 4.36. The van der Waals surface area contributed by atoms with Crippen LogP contribution in [0.15, 0.2) is 42.7 Å². The van der Waals surface area contributed by atoms with Crippen molar-refractivity contribution in [2.75, 3.05) is 13.7 Å². The Labute approximate surface area is 108 Å². The molecule has 1 N–H and O–H groups in total. The second-order valence-electron chi connectivity index (χ2n) is 4.11. The van der Waals surface area contributed by atoms with E-state index in [1.54, 1.807) is 13.3 Å². The summed E-state index contributed by atoms with van der Waals surface area (Å²) in [5.74, 6) is 0.882. The van der Waals surface area contributed by atoms with Gasteiger partial charge in [-0.1, -0.05) is 19.1 Å². The van der Waals surface area contributed by atoms with Crippen molar-refractivity contribution in [3.05, 3.63) is 48.3 Å². The van der Waals surface area contributed by atoms with Crippen LogP contribution in [-0.2, 0) is 6.54 Å². The highest BCUT2D eigenvalue weighted by molar-refractivity contribution is 5.29. The third kappa shape index (κ3) is 3.11. The molecular formula is C14H19N3O. The quantitative estimate of drug-likeness (QED) is 0.848. The highest BCUT2D eigenvalue weighted by Crippen LogP contribution is 2.18. The van der Waals surface area contributed by atoms with Gasteiger partial charge in [0.2, 0.25) is 0 Å². The molecule has 0 spiro atoms. The molecule has 4 nitrogen and oxygen atoms in total. The predicted octanol–water partition coefficient (Wildman–Crippen LogP) is 2.24. The maximum absolute atomic E-state index is 5.18. The van der Waals surface area contributed by atoms with Crippen molar-refractivity contribution >= 4 is 0 Å². The van der Waals surface area contributed by atoms with Crippen molar-refractivity contribution in [3.8, 4) is 5.75 Å². The zero-order valence-electron chi connectivity index (χ0n) is 10.8. The number of benzene rings is 1. The summed E-state index contributed by atoms with van der Waals surface area (Å²) in [6, 6.07) is 10.4. The van der Waals surface area contributed by atoms with Crippen LogP contribution in [0, 0.1) is 0 Å². The fourth-order valence-corrected chi connectivity index (χ4v) is 1.97. The number of nitrogens with zero attached hydrogens (tertiary/aromatic N) is 2. The van der Waals surface area contributed by atoms with Gasteiger partial charge >= 0.3 is 0 Å². The summed E-state index contributed by atoms with van der Waals surface area (Å²) in [6.07, 6.45) is 3.78. The van der Waals surface area contributed by atoms with Gasteiger partial charge in [-0.3, -0.25) is 4.68 Å². The van der Waals surface area contributed by atoms with E-state index in [0.717, 1.165) is 18.8 Å². The first kappa shape index (κ1) is 12.6.